The molecule has 5 atom stereocenters. The van der Waals surface area contributed by atoms with Crippen molar-refractivity contribution in [3.05, 3.63) is 0 Å². The van der Waals surface area contributed by atoms with Crippen molar-refractivity contribution in [2.45, 2.75) is 72.1 Å². The fourth-order valence-corrected chi connectivity index (χ4v) is 2.02. The Hall–Kier alpha value is -2.16. The number of hydrogen-bond acceptors (Lipinski definition) is 5. The van der Waals surface area contributed by atoms with Gasteiger partial charge in [-0.15, -0.1) is 0 Å². The van der Waals surface area contributed by atoms with Gasteiger partial charge in [0.25, 0.3) is 0 Å². The van der Waals surface area contributed by atoms with Gasteiger partial charge in [0.05, 0.1) is 6.04 Å². The molecule has 0 aromatic carbocycles. The average molecular weight is 372 g/mol. The zero-order chi connectivity index (χ0) is 20.6. The minimum Gasteiger partial charge on any atom is -0.480 e. The van der Waals surface area contributed by atoms with Crippen molar-refractivity contribution in [1.29, 1.82) is 0 Å². The highest BCUT2D eigenvalue weighted by Gasteiger charge is 2.30. The van der Waals surface area contributed by atoms with Gasteiger partial charge < -0.3 is 26.8 Å². The molecule has 0 aromatic heterocycles. The first-order chi connectivity index (χ1) is 11.9. The summed E-state index contributed by atoms with van der Waals surface area (Å²) in [6, 6.07) is -3.61. The van der Waals surface area contributed by atoms with Gasteiger partial charge in [-0.05, 0) is 25.7 Å². The molecule has 0 aliphatic rings. The molecular weight excluding hydrogens is 340 g/mol. The van der Waals surface area contributed by atoms with E-state index >= 15 is 0 Å². The molecular formula is C17H32N4O5. The van der Waals surface area contributed by atoms with Crippen LogP contribution in [-0.2, 0) is 19.2 Å². The lowest BCUT2D eigenvalue weighted by molar-refractivity contribution is -0.141. The van der Waals surface area contributed by atoms with Crippen LogP contribution in [0.5, 0.6) is 0 Å². The molecule has 0 aliphatic carbocycles. The molecule has 0 radical (unpaired) electrons. The molecule has 26 heavy (non-hydrogen) atoms. The number of aliphatic carboxylic acids is 1. The fraction of sp³-hybridized carbons (Fsp3) is 0.765. The van der Waals surface area contributed by atoms with E-state index in [1.54, 1.807) is 13.8 Å². The highest BCUT2D eigenvalue weighted by molar-refractivity contribution is 5.94. The third kappa shape index (κ3) is 7.38. The molecule has 6 N–H and O–H groups in total. The molecule has 0 saturated heterocycles. The van der Waals surface area contributed by atoms with E-state index in [4.69, 9.17) is 10.8 Å². The largest absolute Gasteiger partial charge is 0.480 e. The zero-order valence-corrected chi connectivity index (χ0v) is 16.3. The number of carbonyl (C=O) groups excluding carboxylic acids is 3. The van der Waals surface area contributed by atoms with Crippen LogP contribution in [0.1, 0.15) is 48.0 Å². The molecule has 0 saturated carbocycles. The smallest absolute Gasteiger partial charge is 0.325 e. The molecule has 9 heteroatoms. The number of carboxylic acid groups (broad SMARTS) is 1. The number of nitrogens with two attached hydrogens (primary N) is 1. The Bertz CT molecular complexity index is 523. The van der Waals surface area contributed by atoms with Gasteiger partial charge in [0.2, 0.25) is 17.7 Å². The number of carboxylic acids is 1. The predicted octanol–water partition coefficient (Wildman–Crippen LogP) is -0.405. The molecule has 0 aromatic rings. The summed E-state index contributed by atoms with van der Waals surface area (Å²) in [6.45, 7) is 10.1. The number of hydrogen-bond donors (Lipinski definition) is 5. The van der Waals surface area contributed by atoms with Crippen LogP contribution in [0, 0.1) is 11.8 Å². The van der Waals surface area contributed by atoms with Gasteiger partial charge in [-0.25, -0.2) is 0 Å². The third-order valence-corrected chi connectivity index (χ3v) is 4.30. The summed E-state index contributed by atoms with van der Waals surface area (Å²) in [7, 11) is 0. The summed E-state index contributed by atoms with van der Waals surface area (Å²) in [5, 5.41) is 16.3. The van der Waals surface area contributed by atoms with Crippen LogP contribution >= 0.6 is 0 Å². The molecule has 0 aliphatic heterocycles. The van der Waals surface area contributed by atoms with Gasteiger partial charge in [0.15, 0.2) is 0 Å². The number of carbonyl (C=O) groups is 4. The van der Waals surface area contributed by atoms with Gasteiger partial charge >= 0.3 is 5.97 Å². The van der Waals surface area contributed by atoms with Crippen LogP contribution in [0.4, 0.5) is 0 Å². The highest BCUT2D eigenvalue weighted by atomic mass is 16.4. The summed E-state index contributed by atoms with van der Waals surface area (Å²) < 4.78 is 0. The van der Waals surface area contributed by atoms with E-state index in [0.717, 1.165) is 0 Å². The van der Waals surface area contributed by atoms with Gasteiger partial charge in [0, 0.05) is 0 Å². The Kier molecular flexibility index (Phi) is 9.85. The van der Waals surface area contributed by atoms with E-state index in [0.29, 0.717) is 6.42 Å². The van der Waals surface area contributed by atoms with E-state index in [9.17, 15) is 19.2 Å². The molecule has 0 bridgehead atoms. The Morgan fingerprint density at radius 2 is 1.35 bits per heavy atom. The average Bonchev–Trinajstić information content (AvgIpc) is 2.57. The van der Waals surface area contributed by atoms with E-state index < -0.39 is 47.9 Å². The molecule has 0 spiro atoms. The molecule has 0 heterocycles. The summed E-state index contributed by atoms with van der Waals surface area (Å²) >= 11 is 0. The molecule has 0 rings (SSSR count). The van der Waals surface area contributed by atoms with Crippen LogP contribution in [-0.4, -0.2) is 53.0 Å². The first-order valence-electron chi connectivity index (χ1n) is 8.81. The quantitative estimate of drug-likeness (QED) is 0.352. The number of rotatable bonds is 10. The van der Waals surface area contributed by atoms with Crippen LogP contribution in [0.3, 0.4) is 0 Å². The SMILES string of the molecule is CCC(C)C(NC(=O)C(N)C(C)C)C(=O)NC(C)C(=O)NC(C)C(=O)O. The standard InChI is InChI=1S/C17H32N4O5/c1-7-9(4)13(21-15(23)12(18)8(2)3)16(24)19-10(5)14(22)20-11(6)17(25)26/h8-13H,7,18H2,1-6H3,(H,19,24)(H,20,22)(H,21,23)(H,25,26). The number of nitrogens with one attached hydrogen (secondary N) is 3. The van der Waals surface area contributed by atoms with Crippen molar-refractivity contribution in [2.24, 2.45) is 17.6 Å². The van der Waals surface area contributed by atoms with Crippen molar-refractivity contribution >= 4 is 23.7 Å². The highest BCUT2D eigenvalue weighted by Crippen LogP contribution is 2.10. The van der Waals surface area contributed by atoms with Gasteiger partial charge in [0.1, 0.15) is 18.1 Å². The summed E-state index contributed by atoms with van der Waals surface area (Å²) in [6.07, 6.45) is 0.631. The maximum absolute atomic E-state index is 12.5. The second-order valence-electron chi connectivity index (χ2n) is 6.94. The number of amides is 3. The summed E-state index contributed by atoms with van der Waals surface area (Å²) in [4.78, 5) is 47.5. The van der Waals surface area contributed by atoms with Crippen LogP contribution in [0.15, 0.2) is 0 Å². The molecule has 3 amide bonds. The first kappa shape index (κ1) is 23.8. The maximum Gasteiger partial charge on any atom is 0.325 e. The summed E-state index contributed by atoms with van der Waals surface area (Å²) in [5.74, 6) is -3.01. The van der Waals surface area contributed by atoms with Gasteiger partial charge in [-0.2, -0.15) is 0 Å². The fourth-order valence-electron chi connectivity index (χ4n) is 2.02. The molecule has 150 valence electrons. The van der Waals surface area contributed by atoms with E-state index in [1.165, 1.54) is 13.8 Å². The van der Waals surface area contributed by atoms with Crippen molar-refractivity contribution in [3.63, 3.8) is 0 Å². The minimum atomic E-state index is -1.18. The minimum absolute atomic E-state index is 0.0853. The molecule has 9 nitrogen and oxygen atoms in total. The lowest BCUT2D eigenvalue weighted by atomic mass is 9.96. The maximum atomic E-state index is 12.5. The summed E-state index contributed by atoms with van der Waals surface area (Å²) in [5.41, 5.74) is 5.82. The normalized spacial score (nSPS) is 16.8. The van der Waals surface area contributed by atoms with E-state index in [-0.39, 0.29) is 11.8 Å². The topological polar surface area (TPSA) is 151 Å². The van der Waals surface area contributed by atoms with Crippen molar-refractivity contribution in [2.75, 3.05) is 0 Å². The van der Waals surface area contributed by atoms with Crippen LogP contribution in [0.2, 0.25) is 0 Å². The Morgan fingerprint density at radius 1 is 0.846 bits per heavy atom. The van der Waals surface area contributed by atoms with Gasteiger partial charge in [-0.3, -0.25) is 19.2 Å². The van der Waals surface area contributed by atoms with Crippen molar-refractivity contribution in [1.82, 2.24) is 16.0 Å². The Labute approximate surface area is 154 Å². The lowest BCUT2D eigenvalue weighted by Gasteiger charge is -2.27. The second-order valence-corrected chi connectivity index (χ2v) is 6.94. The third-order valence-electron chi connectivity index (χ3n) is 4.30. The van der Waals surface area contributed by atoms with Crippen molar-refractivity contribution in [3.8, 4) is 0 Å². The monoisotopic (exact) mass is 372 g/mol. The Balaban J connectivity index is 5.01. The second kappa shape index (κ2) is 10.7. The molecule has 0 fully saturated rings. The molecule has 5 unspecified atom stereocenters. The van der Waals surface area contributed by atoms with Gasteiger partial charge in [-0.1, -0.05) is 34.1 Å². The predicted molar refractivity (Wildman–Crippen MR) is 97.0 cm³/mol. The van der Waals surface area contributed by atoms with Crippen molar-refractivity contribution < 1.29 is 24.3 Å². The van der Waals surface area contributed by atoms with Crippen LogP contribution in [0.25, 0.3) is 0 Å². The lowest BCUT2D eigenvalue weighted by Crippen LogP contribution is -2.58. The van der Waals surface area contributed by atoms with E-state index in [2.05, 4.69) is 16.0 Å². The van der Waals surface area contributed by atoms with Crippen LogP contribution < -0.4 is 21.7 Å². The Morgan fingerprint density at radius 3 is 1.77 bits per heavy atom. The zero-order valence-electron chi connectivity index (χ0n) is 16.3. The first-order valence-corrected chi connectivity index (χ1v) is 8.81. The van der Waals surface area contributed by atoms with E-state index in [1.807, 2.05) is 13.8 Å².